The largest absolute Gasteiger partial charge is 0.493 e. The zero-order valence-electron chi connectivity index (χ0n) is 16.8. The summed E-state index contributed by atoms with van der Waals surface area (Å²) in [6.45, 7) is 5.35. The summed E-state index contributed by atoms with van der Waals surface area (Å²) in [5.41, 5.74) is 4.36. The maximum Gasteiger partial charge on any atom is 0.221 e. The summed E-state index contributed by atoms with van der Waals surface area (Å²) in [6, 6.07) is 12.1. The highest BCUT2D eigenvalue weighted by Gasteiger charge is 2.11. The Morgan fingerprint density at radius 2 is 1.64 bits per heavy atom. The first kappa shape index (κ1) is 20.0. The molecule has 3 rings (SSSR count). The molecule has 0 fully saturated rings. The predicted octanol–water partition coefficient (Wildman–Crippen LogP) is 3.52. The molecule has 0 spiro atoms. The molecule has 1 heterocycles. The van der Waals surface area contributed by atoms with Gasteiger partial charge in [0, 0.05) is 6.54 Å². The lowest BCUT2D eigenvalue weighted by molar-refractivity contribution is 0.241. The molecule has 0 aliphatic carbocycles. The highest BCUT2D eigenvalue weighted by Crippen LogP contribution is 2.28. The molecular formula is C20H25N5O2S. The number of methoxy groups -OCH3 is 2. The molecule has 0 unspecified atom stereocenters. The van der Waals surface area contributed by atoms with E-state index in [4.69, 9.17) is 21.7 Å². The average Bonchev–Trinajstić information content (AvgIpc) is 3.01. The van der Waals surface area contributed by atoms with Gasteiger partial charge in [-0.05, 0) is 84.5 Å². The topological polar surface area (TPSA) is 57.3 Å². The monoisotopic (exact) mass is 399 g/mol. The standard InChI is InChI=1S/C20H25N5O2S/c1-14-8-15(2)10-17(9-14)25-20(28)24(21-22-25)13-23(3)12-16-6-7-18(26-4)19(11-16)27-5/h6-11H,12-13H2,1-5H3. The van der Waals surface area contributed by atoms with Crippen LogP contribution in [0.4, 0.5) is 0 Å². The minimum absolute atomic E-state index is 0.526. The number of ether oxygens (including phenoxy) is 2. The highest BCUT2D eigenvalue weighted by atomic mass is 32.1. The number of benzene rings is 2. The first-order valence-electron chi connectivity index (χ1n) is 8.92. The van der Waals surface area contributed by atoms with Crippen LogP contribution in [-0.4, -0.2) is 46.0 Å². The van der Waals surface area contributed by atoms with E-state index in [0.29, 0.717) is 29.5 Å². The van der Waals surface area contributed by atoms with E-state index in [2.05, 4.69) is 47.4 Å². The zero-order valence-corrected chi connectivity index (χ0v) is 17.7. The van der Waals surface area contributed by atoms with E-state index in [1.807, 2.05) is 25.2 Å². The zero-order chi connectivity index (χ0) is 20.3. The molecule has 0 bridgehead atoms. The number of rotatable bonds is 7. The van der Waals surface area contributed by atoms with Gasteiger partial charge in [-0.25, -0.2) is 4.68 Å². The van der Waals surface area contributed by atoms with E-state index in [9.17, 15) is 0 Å². The van der Waals surface area contributed by atoms with Gasteiger partial charge in [-0.15, -0.1) is 0 Å². The molecule has 3 aromatic rings. The van der Waals surface area contributed by atoms with Gasteiger partial charge in [0.15, 0.2) is 11.5 Å². The Morgan fingerprint density at radius 1 is 0.964 bits per heavy atom. The summed E-state index contributed by atoms with van der Waals surface area (Å²) in [7, 11) is 5.27. The summed E-state index contributed by atoms with van der Waals surface area (Å²) in [6.07, 6.45) is 0. The molecule has 8 heteroatoms. The lowest BCUT2D eigenvalue weighted by atomic mass is 10.1. The molecule has 7 nitrogen and oxygen atoms in total. The molecule has 148 valence electrons. The molecule has 0 saturated carbocycles. The Balaban J connectivity index is 1.76. The summed E-state index contributed by atoms with van der Waals surface area (Å²) in [5, 5.41) is 8.47. The van der Waals surface area contributed by atoms with Gasteiger partial charge in [0.2, 0.25) is 4.77 Å². The molecule has 0 aliphatic heterocycles. The molecule has 28 heavy (non-hydrogen) atoms. The molecule has 1 aromatic heterocycles. The van der Waals surface area contributed by atoms with Crippen molar-refractivity contribution in [2.75, 3.05) is 21.3 Å². The van der Waals surface area contributed by atoms with E-state index < -0.39 is 0 Å². The molecule has 0 aliphatic rings. The molecule has 0 radical (unpaired) electrons. The van der Waals surface area contributed by atoms with Crippen molar-refractivity contribution in [3.05, 3.63) is 57.9 Å². The second-order valence-electron chi connectivity index (χ2n) is 6.86. The first-order chi connectivity index (χ1) is 13.4. The number of aromatic nitrogens is 4. The fraction of sp³-hybridized carbons (Fsp3) is 0.350. The maximum atomic E-state index is 5.59. The molecule has 0 atom stereocenters. The average molecular weight is 400 g/mol. The van der Waals surface area contributed by atoms with Crippen LogP contribution in [0.5, 0.6) is 11.5 Å². The summed E-state index contributed by atoms with van der Waals surface area (Å²) in [4.78, 5) is 2.11. The fourth-order valence-corrected chi connectivity index (χ4v) is 3.40. The van der Waals surface area contributed by atoms with Crippen LogP contribution in [0.3, 0.4) is 0 Å². The highest BCUT2D eigenvalue weighted by molar-refractivity contribution is 7.71. The number of hydrogen-bond donors (Lipinski definition) is 0. The van der Waals surface area contributed by atoms with Crippen LogP contribution in [0.2, 0.25) is 0 Å². The van der Waals surface area contributed by atoms with Crippen LogP contribution >= 0.6 is 12.2 Å². The van der Waals surface area contributed by atoms with E-state index >= 15 is 0 Å². The lowest BCUT2D eigenvalue weighted by Crippen LogP contribution is -2.22. The maximum absolute atomic E-state index is 5.59. The van der Waals surface area contributed by atoms with Crippen LogP contribution in [0.25, 0.3) is 5.69 Å². The van der Waals surface area contributed by atoms with Crippen LogP contribution < -0.4 is 9.47 Å². The van der Waals surface area contributed by atoms with Gasteiger partial charge in [0.05, 0.1) is 26.6 Å². The molecule has 0 N–H and O–H groups in total. The first-order valence-corrected chi connectivity index (χ1v) is 9.33. The Morgan fingerprint density at radius 3 is 2.29 bits per heavy atom. The van der Waals surface area contributed by atoms with Crippen LogP contribution in [-0.2, 0) is 13.2 Å². The van der Waals surface area contributed by atoms with Gasteiger partial charge in [-0.1, -0.05) is 12.1 Å². The third-order valence-corrected chi connectivity index (χ3v) is 4.75. The number of aryl methyl sites for hydroxylation is 2. The van der Waals surface area contributed by atoms with Gasteiger partial charge in [0.1, 0.15) is 0 Å². The van der Waals surface area contributed by atoms with Crippen molar-refractivity contribution in [3.8, 4) is 17.2 Å². The van der Waals surface area contributed by atoms with Crippen molar-refractivity contribution >= 4 is 12.2 Å². The smallest absolute Gasteiger partial charge is 0.221 e. The van der Waals surface area contributed by atoms with Crippen LogP contribution in [0.15, 0.2) is 36.4 Å². The van der Waals surface area contributed by atoms with E-state index in [1.54, 1.807) is 23.6 Å². The third kappa shape index (κ3) is 4.40. The van der Waals surface area contributed by atoms with Gasteiger partial charge >= 0.3 is 0 Å². The SMILES string of the molecule is COc1ccc(CN(C)Cn2nnn(-c3cc(C)cc(C)c3)c2=S)cc1OC. The molecule has 2 aromatic carbocycles. The Bertz CT molecular complexity index is 1010. The number of hydrogen-bond acceptors (Lipinski definition) is 6. The van der Waals surface area contributed by atoms with Crippen molar-refractivity contribution in [3.63, 3.8) is 0 Å². The Hall–Kier alpha value is -2.71. The van der Waals surface area contributed by atoms with Gasteiger partial charge in [-0.3, -0.25) is 4.90 Å². The van der Waals surface area contributed by atoms with Crippen molar-refractivity contribution in [1.82, 2.24) is 24.7 Å². The molecule has 0 saturated heterocycles. The Kier molecular flexibility index (Phi) is 6.11. The van der Waals surface area contributed by atoms with Crippen molar-refractivity contribution in [2.45, 2.75) is 27.1 Å². The summed E-state index contributed by atoms with van der Waals surface area (Å²) in [5.74, 6) is 1.43. The van der Waals surface area contributed by atoms with Crippen LogP contribution in [0, 0.1) is 18.6 Å². The quantitative estimate of drug-likeness (QED) is 0.567. The Labute approximate surface area is 170 Å². The van der Waals surface area contributed by atoms with Crippen molar-refractivity contribution in [2.24, 2.45) is 0 Å². The third-order valence-electron chi connectivity index (χ3n) is 4.37. The molecular weight excluding hydrogens is 374 g/mol. The number of tetrazole rings is 1. The second kappa shape index (κ2) is 8.53. The summed E-state index contributed by atoms with van der Waals surface area (Å²) < 4.78 is 14.6. The van der Waals surface area contributed by atoms with E-state index in [-0.39, 0.29) is 0 Å². The van der Waals surface area contributed by atoms with Crippen molar-refractivity contribution < 1.29 is 9.47 Å². The minimum atomic E-state index is 0.526. The second-order valence-corrected chi connectivity index (χ2v) is 7.23. The summed E-state index contributed by atoms with van der Waals surface area (Å²) >= 11 is 5.59. The van der Waals surface area contributed by atoms with E-state index in [1.165, 1.54) is 0 Å². The number of nitrogens with zero attached hydrogens (tertiary/aromatic N) is 5. The van der Waals surface area contributed by atoms with Gasteiger partial charge in [-0.2, -0.15) is 4.68 Å². The predicted molar refractivity (Wildman–Crippen MR) is 111 cm³/mol. The fourth-order valence-electron chi connectivity index (χ4n) is 3.17. The van der Waals surface area contributed by atoms with Crippen molar-refractivity contribution in [1.29, 1.82) is 0 Å². The van der Waals surface area contributed by atoms with Gasteiger partial charge < -0.3 is 9.47 Å². The van der Waals surface area contributed by atoms with Gasteiger partial charge in [0.25, 0.3) is 0 Å². The van der Waals surface area contributed by atoms with E-state index in [0.717, 1.165) is 22.4 Å². The normalized spacial score (nSPS) is 11.1. The lowest BCUT2D eigenvalue weighted by Gasteiger charge is -2.17. The van der Waals surface area contributed by atoms with Crippen LogP contribution in [0.1, 0.15) is 16.7 Å². The minimum Gasteiger partial charge on any atom is -0.493 e. The molecule has 0 amide bonds.